The fourth-order valence-corrected chi connectivity index (χ4v) is 3.72. The largest absolute Gasteiger partial charge is 0.165 e. The van der Waals surface area contributed by atoms with Crippen LogP contribution in [0.4, 0.5) is 0 Å². The zero-order chi connectivity index (χ0) is 24.7. The first-order chi connectivity index (χ1) is 17.2. The van der Waals surface area contributed by atoms with Gasteiger partial charge in [0.25, 0.3) is 0 Å². The van der Waals surface area contributed by atoms with Crippen LogP contribution in [-0.4, -0.2) is 9.52 Å². The van der Waals surface area contributed by atoms with E-state index in [9.17, 15) is 0 Å². The second-order valence-electron chi connectivity index (χ2n) is 8.32. The molecule has 179 valence electrons. The first-order valence-electron chi connectivity index (χ1n) is 12.1. The molecule has 0 saturated carbocycles. The van der Waals surface area contributed by atoms with Gasteiger partial charge in [0.1, 0.15) is 0 Å². The number of benzene rings is 4. The van der Waals surface area contributed by atoms with Crippen molar-refractivity contribution in [3.8, 4) is 11.1 Å². The van der Waals surface area contributed by atoms with Crippen LogP contribution in [0.25, 0.3) is 34.1 Å². The summed E-state index contributed by atoms with van der Waals surface area (Å²) in [6.45, 7) is 6.56. The van der Waals surface area contributed by atoms with Gasteiger partial charge in [0.2, 0.25) is 0 Å². The van der Waals surface area contributed by atoms with Gasteiger partial charge in [0.15, 0.2) is 0 Å². The average Bonchev–Trinajstić information content (AvgIpc) is 3.30. The van der Waals surface area contributed by atoms with E-state index in [2.05, 4.69) is 129 Å². The van der Waals surface area contributed by atoms with Crippen LogP contribution < -0.4 is 0 Å². The van der Waals surface area contributed by atoms with Crippen molar-refractivity contribution in [3.05, 3.63) is 150 Å². The molecule has 0 amide bonds. The Balaban J connectivity index is 0.000000223. The van der Waals surface area contributed by atoms with Crippen LogP contribution in [-0.2, 0) is 21.7 Å². The molecule has 0 heterocycles. The second kappa shape index (κ2) is 16.6. The Morgan fingerprint density at radius 3 is 1.58 bits per heavy atom. The molecule has 0 aromatic heterocycles. The maximum Gasteiger partial charge on any atom is 0.0213 e. The van der Waals surface area contributed by atoms with Crippen molar-refractivity contribution in [3.63, 3.8) is 0 Å². The van der Waals surface area contributed by atoms with Crippen LogP contribution in [0.1, 0.15) is 16.7 Å². The molecular formula is C34H34SiTi-. The Morgan fingerprint density at radius 2 is 1.08 bits per heavy atom. The van der Waals surface area contributed by atoms with E-state index in [-0.39, 0.29) is 21.7 Å². The standard InChI is InChI=1S/C16H13.C16H14.C2H7Si.Ti/c1-12-10-14-8-5-9-15(16(14)11-12)13-6-3-2-4-7-13;1-3-9-15(10-4-1)13-7-8-14-16-11-5-2-6-12-16;1-3-2;/h2-11H,1H3;1-14H;3H,1-2H3;/q-1;;;. The van der Waals surface area contributed by atoms with E-state index in [1.54, 1.807) is 0 Å². The van der Waals surface area contributed by atoms with E-state index in [1.807, 2.05) is 36.4 Å². The molecule has 0 aliphatic heterocycles. The van der Waals surface area contributed by atoms with Crippen molar-refractivity contribution in [2.75, 3.05) is 0 Å². The van der Waals surface area contributed by atoms with Crippen LogP contribution in [0, 0.1) is 6.92 Å². The molecule has 0 aliphatic rings. The molecule has 0 atom stereocenters. The fraction of sp³-hybridized carbons (Fsp3) is 0.0882. The molecule has 0 spiro atoms. The van der Waals surface area contributed by atoms with Gasteiger partial charge in [-0.1, -0.05) is 147 Å². The van der Waals surface area contributed by atoms with Crippen molar-refractivity contribution in [1.82, 2.24) is 0 Å². The van der Waals surface area contributed by atoms with Crippen molar-refractivity contribution < 1.29 is 21.7 Å². The minimum atomic E-state index is 0. The Bertz CT molecular complexity index is 1270. The Labute approximate surface area is 234 Å². The van der Waals surface area contributed by atoms with E-state index in [1.165, 1.54) is 38.6 Å². The van der Waals surface area contributed by atoms with Crippen molar-refractivity contribution in [1.29, 1.82) is 0 Å². The molecule has 5 aromatic rings. The molecule has 0 bridgehead atoms. The molecule has 0 fully saturated rings. The van der Waals surface area contributed by atoms with E-state index >= 15 is 0 Å². The fourth-order valence-electron chi connectivity index (χ4n) is 3.72. The molecule has 0 aliphatic carbocycles. The maximum absolute atomic E-state index is 2.26. The number of hydrogen-bond acceptors (Lipinski definition) is 0. The molecule has 0 unspecified atom stereocenters. The van der Waals surface area contributed by atoms with Gasteiger partial charge < -0.3 is 0 Å². The number of rotatable bonds is 4. The van der Waals surface area contributed by atoms with Crippen LogP contribution in [0.2, 0.25) is 13.1 Å². The molecule has 2 heteroatoms. The monoisotopic (exact) mass is 518 g/mol. The zero-order valence-corrected chi connectivity index (χ0v) is 24.2. The number of allylic oxidation sites excluding steroid dienone is 2. The second-order valence-corrected chi connectivity index (χ2v) is 9.48. The van der Waals surface area contributed by atoms with Crippen LogP contribution in [0.5, 0.6) is 0 Å². The van der Waals surface area contributed by atoms with E-state index in [0.29, 0.717) is 0 Å². The van der Waals surface area contributed by atoms with Gasteiger partial charge >= 0.3 is 0 Å². The van der Waals surface area contributed by atoms with Crippen molar-refractivity contribution in [2.45, 2.75) is 20.0 Å². The summed E-state index contributed by atoms with van der Waals surface area (Å²) in [7, 11) is 0.750. The van der Waals surface area contributed by atoms with E-state index in [0.717, 1.165) is 9.52 Å². The predicted molar refractivity (Wildman–Crippen MR) is 160 cm³/mol. The van der Waals surface area contributed by atoms with Crippen LogP contribution in [0.3, 0.4) is 0 Å². The molecule has 0 nitrogen and oxygen atoms in total. The average molecular weight is 519 g/mol. The van der Waals surface area contributed by atoms with Gasteiger partial charge in [0, 0.05) is 31.2 Å². The van der Waals surface area contributed by atoms with Gasteiger partial charge in [-0.15, -0.1) is 34.5 Å². The molecule has 36 heavy (non-hydrogen) atoms. The molecular weight excluding hydrogens is 484 g/mol. The van der Waals surface area contributed by atoms with E-state index in [4.69, 9.17) is 0 Å². The summed E-state index contributed by atoms with van der Waals surface area (Å²) >= 11 is 0. The molecule has 5 aromatic carbocycles. The van der Waals surface area contributed by atoms with Gasteiger partial charge in [0.05, 0.1) is 0 Å². The van der Waals surface area contributed by atoms with Gasteiger partial charge in [-0.25, -0.2) is 0 Å². The first kappa shape index (κ1) is 29.1. The molecule has 1 radical (unpaired) electrons. The van der Waals surface area contributed by atoms with E-state index < -0.39 is 0 Å². The third-order valence-corrected chi connectivity index (χ3v) is 5.27. The number of aryl methyl sites for hydroxylation is 1. The SMILES string of the molecule is C(C=Cc1ccccc1)=Cc1ccccc1.C[SiH]C.Cc1cc2c(-c3ccccc3)cccc2[cH-]1.[Ti]. The van der Waals surface area contributed by atoms with Gasteiger partial charge in [-0.05, 0) is 16.7 Å². The smallest absolute Gasteiger partial charge is 0.0213 e. The normalized spacial score (nSPS) is 10.3. The zero-order valence-electron chi connectivity index (χ0n) is 21.4. The number of fused-ring (bicyclic) bond motifs is 1. The summed E-state index contributed by atoms with van der Waals surface area (Å²) < 4.78 is 0. The first-order valence-corrected chi connectivity index (χ1v) is 14.4. The minimum Gasteiger partial charge on any atom is -0.165 e. The maximum atomic E-state index is 2.26. The summed E-state index contributed by atoms with van der Waals surface area (Å²) in [5.74, 6) is 0. The quantitative estimate of drug-likeness (QED) is 0.126. The Kier molecular flexibility index (Phi) is 13.4. The summed E-state index contributed by atoms with van der Waals surface area (Å²) in [6, 6.07) is 42.1. The number of hydrogen-bond donors (Lipinski definition) is 0. The Hall–Kier alpha value is -3.10. The van der Waals surface area contributed by atoms with Crippen LogP contribution in [0.15, 0.2) is 133 Å². The van der Waals surface area contributed by atoms with Crippen LogP contribution >= 0.6 is 0 Å². The Morgan fingerprint density at radius 1 is 0.611 bits per heavy atom. The summed E-state index contributed by atoms with van der Waals surface area (Å²) in [5, 5.41) is 2.69. The van der Waals surface area contributed by atoms with Crippen molar-refractivity contribution >= 4 is 32.4 Å². The molecule has 5 rings (SSSR count). The van der Waals surface area contributed by atoms with Gasteiger partial charge in [-0.2, -0.15) is 6.07 Å². The third-order valence-electron chi connectivity index (χ3n) is 5.27. The molecule has 0 N–H and O–H groups in total. The topological polar surface area (TPSA) is 0 Å². The summed E-state index contributed by atoms with van der Waals surface area (Å²) in [6.07, 6.45) is 8.31. The molecule has 0 saturated heterocycles. The van der Waals surface area contributed by atoms with Crippen molar-refractivity contribution in [2.24, 2.45) is 0 Å². The van der Waals surface area contributed by atoms with Gasteiger partial charge in [-0.3, -0.25) is 0 Å². The summed E-state index contributed by atoms with van der Waals surface area (Å²) in [5.41, 5.74) is 6.39. The predicted octanol–water partition coefficient (Wildman–Crippen LogP) is 9.46. The minimum absolute atomic E-state index is 0. The summed E-state index contributed by atoms with van der Waals surface area (Å²) in [4.78, 5) is 0. The third kappa shape index (κ3) is 9.51.